The van der Waals surface area contributed by atoms with E-state index in [2.05, 4.69) is 21.2 Å². The number of hydrogen-bond acceptors (Lipinski definition) is 3. The van der Waals surface area contributed by atoms with Gasteiger partial charge in [0, 0.05) is 17.1 Å². The zero-order valence-electron chi connectivity index (χ0n) is 10.6. The van der Waals surface area contributed by atoms with Gasteiger partial charge in [0.05, 0.1) is 13.1 Å². The predicted octanol–water partition coefficient (Wildman–Crippen LogP) is 1.70. The number of rotatable bonds is 6. The summed E-state index contributed by atoms with van der Waals surface area (Å²) in [6.07, 6.45) is 0. The van der Waals surface area contributed by atoms with Crippen molar-refractivity contribution in [2.75, 3.05) is 26.7 Å². The zero-order valence-corrected chi connectivity index (χ0v) is 12.2. The second kappa shape index (κ2) is 7.28. The first-order chi connectivity index (χ1) is 8.56. The maximum atomic E-state index is 12.0. The Hall–Kier alpha value is -1.20. The summed E-state index contributed by atoms with van der Waals surface area (Å²) >= 11 is 3.33. The first-order valence-electron chi connectivity index (χ1n) is 5.78. The van der Waals surface area contributed by atoms with Gasteiger partial charge in [-0.25, -0.2) is 0 Å². The van der Waals surface area contributed by atoms with E-state index >= 15 is 0 Å². The van der Waals surface area contributed by atoms with Crippen LogP contribution < -0.4 is 5.32 Å². The normalized spacial score (nSPS) is 10.4. The Kier molecular flexibility index (Phi) is 6.01. The van der Waals surface area contributed by atoms with Gasteiger partial charge < -0.3 is 5.32 Å². The third-order valence-corrected chi connectivity index (χ3v) is 3.16. The van der Waals surface area contributed by atoms with E-state index in [1.807, 2.05) is 24.0 Å². The van der Waals surface area contributed by atoms with E-state index in [1.165, 1.54) is 0 Å². The minimum absolute atomic E-state index is 0.0215. The molecule has 5 heteroatoms. The number of carbonyl (C=O) groups excluding carboxylic acids is 2. The molecule has 1 N–H and O–H groups in total. The largest absolute Gasteiger partial charge is 0.358 e. The van der Waals surface area contributed by atoms with Crippen molar-refractivity contribution < 1.29 is 9.59 Å². The molecule has 18 heavy (non-hydrogen) atoms. The summed E-state index contributed by atoms with van der Waals surface area (Å²) in [6.45, 7) is 3.09. The lowest BCUT2D eigenvalue weighted by molar-refractivity contribution is -0.121. The molecule has 0 heterocycles. The molecule has 0 bridgehead atoms. The first kappa shape index (κ1) is 14.9. The Morgan fingerprint density at radius 1 is 1.22 bits per heavy atom. The van der Waals surface area contributed by atoms with Crippen molar-refractivity contribution in [3.63, 3.8) is 0 Å². The number of likely N-dealkylation sites (N-methyl/N-ethyl adjacent to an activating group) is 2. The van der Waals surface area contributed by atoms with Crippen molar-refractivity contribution in [3.8, 4) is 0 Å². The number of benzene rings is 1. The minimum Gasteiger partial charge on any atom is -0.358 e. The van der Waals surface area contributed by atoms with E-state index in [0.717, 1.165) is 4.47 Å². The fourth-order valence-corrected chi connectivity index (χ4v) is 1.76. The van der Waals surface area contributed by atoms with E-state index < -0.39 is 0 Å². The van der Waals surface area contributed by atoms with Crippen LogP contribution in [-0.2, 0) is 4.79 Å². The monoisotopic (exact) mass is 312 g/mol. The van der Waals surface area contributed by atoms with E-state index in [9.17, 15) is 9.59 Å². The smallest absolute Gasteiger partial charge is 0.233 e. The first-order valence-corrected chi connectivity index (χ1v) is 6.57. The maximum Gasteiger partial charge on any atom is 0.233 e. The lowest BCUT2D eigenvalue weighted by atomic mass is 10.1. The third-order valence-electron chi connectivity index (χ3n) is 2.63. The highest BCUT2D eigenvalue weighted by Gasteiger charge is 2.13. The Labute approximate surface area is 115 Å². The molecule has 1 amide bonds. The molecule has 0 saturated heterocycles. The lowest BCUT2D eigenvalue weighted by Gasteiger charge is -2.18. The maximum absolute atomic E-state index is 12.0. The average Bonchev–Trinajstić information content (AvgIpc) is 2.38. The van der Waals surface area contributed by atoms with Crippen molar-refractivity contribution in [3.05, 3.63) is 34.3 Å². The van der Waals surface area contributed by atoms with Gasteiger partial charge in [0.25, 0.3) is 0 Å². The molecular weight excluding hydrogens is 296 g/mol. The van der Waals surface area contributed by atoms with Crippen LogP contribution in [0.5, 0.6) is 0 Å². The van der Waals surface area contributed by atoms with Gasteiger partial charge in [-0.05, 0) is 18.7 Å². The molecule has 0 aromatic heterocycles. The molecule has 0 unspecified atom stereocenters. The standard InChI is InChI=1S/C13H17BrN2O2/c1-3-16(9-13(18)15-2)8-12(17)10-4-6-11(14)7-5-10/h4-7H,3,8-9H2,1-2H3,(H,15,18). The molecular formula is C13H17BrN2O2. The van der Waals surface area contributed by atoms with Crippen molar-refractivity contribution in [1.29, 1.82) is 0 Å². The van der Waals surface area contributed by atoms with Crippen LogP contribution in [0.2, 0.25) is 0 Å². The Balaban J connectivity index is 2.61. The molecule has 0 radical (unpaired) electrons. The molecule has 0 fully saturated rings. The predicted molar refractivity (Wildman–Crippen MR) is 74.7 cm³/mol. The van der Waals surface area contributed by atoms with Gasteiger partial charge >= 0.3 is 0 Å². The Morgan fingerprint density at radius 3 is 2.33 bits per heavy atom. The molecule has 1 aromatic rings. The van der Waals surface area contributed by atoms with Crippen molar-refractivity contribution in [2.24, 2.45) is 0 Å². The summed E-state index contributed by atoms with van der Waals surface area (Å²) < 4.78 is 0.941. The average molecular weight is 313 g/mol. The quantitative estimate of drug-likeness (QED) is 0.813. The summed E-state index contributed by atoms with van der Waals surface area (Å²) in [7, 11) is 1.59. The number of halogens is 1. The van der Waals surface area contributed by atoms with Crippen molar-refractivity contribution in [1.82, 2.24) is 10.2 Å². The highest BCUT2D eigenvalue weighted by Crippen LogP contribution is 2.11. The second-order valence-electron chi connectivity index (χ2n) is 3.91. The molecule has 0 spiro atoms. The number of amides is 1. The SMILES string of the molecule is CCN(CC(=O)NC)CC(=O)c1ccc(Br)cc1. The Bertz CT molecular complexity index is 418. The number of nitrogens with zero attached hydrogens (tertiary/aromatic N) is 1. The number of ketones is 1. The van der Waals surface area contributed by atoms with E-state index in [1.54, 1.807) is 19.2 Å². The van der Waals surface area contributed by atoms with E-state index in [-0.39, 0.29) is 24.8 Å². The topological polar surface area (TPSA) is 49.4 Å². The molecule has 0 atom stereocenters. The third kappa shape index (κ3) is 4.58. The number of hydrogen-bond donors (Lipinski definition) is 1. The van der Waals surface area contributed by atoms with Gasteiger partial charge in [0.2, 0.25) is 5.91 Å². The van der Waals surface area contributed by atoms with Crippen LogP contribution in [0.1, 0.15) is 17.3 Å². The van der Waals surface area contributed by atoms with Crippen molar-refractivity contribution in [2.45, 2.75) is 6.92 Å². The zero-order chi connectivity index (χ0) is 13.5. The van der Waals surface area contributed by atoms with Gasteiger partial charge in [-0.2, -0.15) is 0 Å². The summed E-state index contributed by atoms with van der Waals surface area (Å²) in [6, 6.07) is 7.23. The molecule has 1 aromatic carbocycles. The van der Waals surface area contributed by atoms with Crippen LogP contribution in [0.25, 0.3) is 0 Å². The fourth-order valence-electron chi connectivity index (χ4n) is 1.49. The number of nitrogens with one attached hydrogen (secondary N) is 1. The van der Waals surface area contributed by atoms with Gasteiger partial charge in [-0.1, -0.05) is 35.0 Å². The molecule has 4 nitrogen and oxygen atoms in total. The van der Waals surface area contributed by atoms with Gasteiger partial charge in [0.1, 0.15) is 0 Å². The molecule has 0 saturated carbocycles. The molecule has 0 aliphatic heterocycles. The van der Waals surface area contributed by atoms with Crippen molar-refractivity contribution >= 4 is 27.6 Å². The highest BCUT2D eigenvalue weighted by molar-refractivity contribution is 9.10. The van der Waals surface area contributed by atoms with E-state index in [4.69, 9.17) is 0 Å². The summed E-state index contributed by atoms with van der Waals surface area (Å²) in [4.78, 5) is 25.1. The summed E-state index contributed by atoms with van der Waals surface area (Å²) in [5.74, 6) is -0.0614. The second-order valence-corrected chi connectivity index (χ2v) is 4.82. The molecule has 98 valence electrons. The minimum atomic E-state index is -0.0829. The van der Waals surface area contributed by atoms with Crippen LogP contribution in [-0.4, -0.2) is 43.3 Å². The fraction of sp³-hybridized carbons (Fsp3) is 0.385. The van der Waals surface area contributed by atoms with Crippen LogP contribution in [0.15, 0.2) is 28.7 Å². The Morgan fingerprint density at radius 2 is 1.83 bits per heavy atom. The van der Waals surface area contributed by atoms with Gasteiger partial charge in [-0.3, -0.25) is 14.5 Å². The van der Waals surface area contributed by atoms with Crippen LogP contribution in [0, 0.1) is 0 Å². The van der Waals surface area contributed by atoms with Crippen LogP contribution in [0.4, 0.5) is 0 Å². The highest BCUT2D eigenvalue weighted by atomic mass is 79.9. The van der Waals surface area contributed by atoms with Gasteiger partial charge in [-0.15, -0.1) is 0 Å². The molecule has 0 aliphatic rings. The summed E-state index contributed by atoms with van der Waals surface area (Å²) in [5.41, 5.74) is 0.661. The number of Topliss-reactive ketones (excluding diaryl/α,β-unsaturated/α-hetero) is 1. The summed E-state index contributed by atoms with van der Waals surface area (Å²) in [5, 5.41) is 2.55. The van der Waals surface area contributed by atoms with Gasteiger partial charge in [0.15, 0.2) is 5.78 Å². The molecule has 0 aliphatic carbocycles. The number of carbonyl (C=O) groups is 2. The van der Waals surface area contributed by atoms with E-state index in [0.29, 0.717) is 12.1 Å². The molecule has 1 rings (SSSR count). The van der Waals surface area contributed by atoms with Crippen LogP contribution >= 0.6 is 15.9 Å². The lowest BCUT2D eigenvalue weighted by Crippen LogP contribution is -2.38. The van der Waals surface area contributed by atoms with Crippen LogP contribution in [0.3, 0.4) is 0 Å².